The number of rotatable bonds is 4. The average Bonchev–Trinajstić information content (AvgIpc) is 2.80. The van der Waals surface area contributed by atoms with Crippen molar-refractivity contribution in [3.8, 4) is 0 Å². The van der Waals surface area contributed by atoms with Crippen molar-refractivity contribution in [2.24, 2.45) is 0 Å². The van der Waals surface area contributed by atoms with Gasteiger partial charge in [0.15, 0.2) is 0 Å². The fraction of sp³-hybridized carbons (Fsp3) is 0. The van der Waals surface area contributed by atoms with E-state index >= 15 is 0 Å². The fourth-order valence-corrected chi connectivity index (χ4v) is 2.57. The topological polar surface area (TPSA) is 55.2 Å². The van der Waals surface area contributed by atoms with Gasteiger partial charge in [0.25, 0.3) is 0 Å². The Kier molecular flexibility index (Phi) is 3.60. The van der Waals surface area contributed by atoms with Gasteiger partial charge in [0.05, 0.1) is 14.8 Å². The molecule has 0 unspecified atom stereocenters. The van der Waals surface area contributed by atoms with Gasteiger partial charge in [0, 0.05) is 6.07 Å². The largest absolute Gasteiger partial charge is 0.325 e. The lowest BCUT2D eigenvalue weighted by Gasteiger charge is -2.03. The molecular weight excluding hydrogens is 263 g/mol. The fourth-order valence-electron chi connectivity index (χ4n) is 1.15. The molecule has 2 rings (SSSR count). The third kappa shape index (κ3) is 2.95. The molecule has 17 heavy (non-hydrogen) atoms. The van der Waals surface area contributed by atoms with Gasteiger partial charge in [0.2, 0.25) is 5.82 Å². The predicted octanol–water partition coefficient (Wildman–Crippen LogP) is 3.91. The zero-order valence-corrected chi connectivity index (χ0v) is 10.1. The Balaban J connectivity index is 2.11. The minimum atomic E-state index is -0.832. The molecule has 0 bridgehead atoms. The molecule has 0 radical (unpaired) electrons. The van der Waals surface area contributed by atoms with E-state index in [2.05, 4.69) is 4.72 Å². The van der Waals surface area contributed by atoms with Crippen molar-refractivity contribution in [2.45, 2.75) is 4.21 Å². The van der Waals surface area contributed by atoms with Gasteiger partial charge in [-0.25, -0.2) is 0 Å². The van der Waals surface area contributed by atoms with Crippen molar-refractivity contribution in [3.63, 3.8) is 0 Å². The Morgan fingerprint density at radius 1 is 1.41 bits per heavy atom. The lowest BCUT2D eigenvalue weighted by Crippen LogP contribution is -1.94. The number of benzene rings is 1. The summed E-state index contributed by atoms with van der Waals surface area (Å²) in [6, 6.07) is 7.54. The van der Waals surface area contributed by atoms with E-state index in [0.29, 0.717) is 5.69 Å². The van der Waals surface area contributed by atoms with Crippen LogP contribution < -0.4 is 4.72 Å². The highest BCUT2D eigenvalue weighted by Gasteiger charge is 2.14. The van der Waals surface area contributed by atoms with E-state index in [1.807, 2.05) is 17.5 Å². The molecule has 0 saturated carbocycles. The number of halogens is 1. The Bertz CT molecular complexity index is 531. The normalized spacial score (nSPS) is 10.2. The smallest absolute Gasteiger partial charge is 0.306 e. The van der Waals surface area contributed by atoms with Crippen LogP contribution in [0, 0.1) is 15.9 Å². The standard InChI is InChI=1S/C10H7FN2O2S2/c11-8-4-3-7(6-9(8)13(14)15)12-17-10-2-1-5-16-10/h1-6,12H. The number of nitrogens with zero attached hydrogens (tertiary/aromatic N) is 1. The third-order valence-electron chi connectivity index (χ3n) is 1.91. The summed E-state index contributed by atoms with van der Waals surface area (Å²) in [5.74, 6) is -0.832. The molecule has 7 heteroatoms. The van der Waals surface area contributed by atoms with Crippen LogP contribution in [0.5, 0.6) is 0 Å². The van der Waals surface area contributed by atoms with E-state index in [1.54, 1.807) is 11.3 Å². The molecule has 1 aromatic carbocycles. The van der Waals surface area contributed by atoms with E-state index in [1.165, 1.54) is 24.1 Å². The van der Waals surface area contributed by atoms with Crippen molar-refractivity contribution in [2.75, 3.05) is 4.72 Å². The first-order valence-electron chi connectivity index (χ1n) is 4.57. The van der Waals surface area contributed by atoms with E-state index in [0.717, 1.165) is 10.3 Å². The van der Waals surface area contributed by atoms with Gasteiger partial charge in [-0.3, -0.25) is 10.1 Å². The van der Waals surface area contributed by atoms with Crippen molar-refractivity contribution in [1.82, 2.24) is 0 Å². The Labute approximate surface area is 105 Å². The number of anilines is 1. The van der Waals surface area contributed by atoms with Gasteiger partial charge in [-0.05, 0) is 35.5 Å². The Morgan fingerprint density at radius 2 is 2.24 bits per heavy atom. The molecule has 0 aliphatic carbocycles. The first kappa shape index (κ1) is 11.9. The summed E-state index contributed by atoms with van der Waals surface area (Å²) in [4.78, 5) is 9.80. The van der Waals surface area contributed by atoms with Crippen LogP contribution in [0.3, 0.4) is 0 Å². The van der Waals surface area contributed by atoms with Gasteiger partial charge in [-0.15, -0.1) is 11.3 Å². The second kappa shape index (κ2) is 5.15. The zero-order chi connectivity index (χ0) is 12.3. The molecule has 0 saturated heterocycles. The molecule has 0 fully saturated rings. The van der Waals surface area contributed by atoms with Crippen LogP contribution in [0.2, 0.25) is 0 Å². The summed E-state index contributed by atoms with van der Waals surface area (Å²) in [5, 5.41) is 12.5. The Hall–Kier alpha value is -1.60. The number of thiophene rings is 1. The zero-order valence-electron chi connectivity index (χ0n) is 8.42. The van der Waals surface area contributed by atoms with E-state index in [4.69, 9.17) is 0 Å². The summed E-state index contributed by atoms with van der Waals surface area (Å²) in [6.45, 7) is 0. The molecule has 1 aromatic heterocycles. The lowest BCUT2D eigenvalue weighted by molar-refractivity contribution is -0.387. The van der Waals surface area contributed by atoms with Crippen LogP contribution in [0.15, 0.2) is 39.9 Å². The number of nitrogens with one attached hydrogen (secondary N) is 1. The van der Waals surface area contributed by atoms with Crippen molar-refractivity contribution >= 4 is 34.7 Å². The van der Waals surface area contributed by atoms with E-state index < -0.39 is 16.4 Å². The predicted molar refractivity (Wildman–Crippen MR) is 66.9 cm³/mol. The van der Waals surface area contributed by atoms with Gasteiger partial charge in [0.1, 0.15) is 0 Å². The van der Waals surface area contributed by atoms with E-state index in [-0.39, 0.29) is 0 Å². The van der Waals surface area contributed by atoms with Crippen LogP contribution >= 0.6 is 23.3 Å². The molecule has 0 aliphatic heterocycles. The first-order valence-corrected chi connectivity index (χ1v) is 6.27. The van der Waals surface area contributed by atoms with Crippen LogP contribution in [0.4, 0.5) is 15.8 Å². The van der Waals surface area contributed by atoms with Crippen molar-refractivity contribution < 1.29 is 9.31 Å². The van der Waals surface area contributed by atoms with Gasteiger partial charge >= 0.3 is 5.69 Å². The molecule has 88 valence electrons. The molecule has 1 heterocycles. The average molecular weight is 270 g/mol. The van der Waals surface area contributed by atoms with Gasteiger partial charge in [-0.1, -0.05) is 6.07 Å². The number of nitro benzene ring substituents is 1. The minimum Gasteiger partial charge on any atom is -0.325 e. The second-order valence-corrected chi connectivity index (χ2v) is 5.11. The van der Waals surface area contributed by atoms with Crippen molar-refractivity contribution in [1.29, 1.82) is 0 Å². The quantitative estimate of drug-likeness (QED) is 0.520. The number of nitro groups is 1. The monoisotopic (exact) mass is 270 g/mol. The van der Waals surface area contributed by atoms with E-state index in [9.17, 15) is 14.5 Å². The van der Waals surface area contributed by atoms with Gasteiger partial charge in [-0.2, -0.15) is 4.39 Å². The minimum absolute atomic E-state index is 0.497. The summed E-state index contributed by atoms with van der Waals surface area (Å²) in [6.07, 6.45) is 0. The first-order chi connectivity index (χ1) is 8.16. The Morgan fingerprint density at radius 3 is 2.88 bits per heavy atom. The SMILES string of the molecule is O=[N+]([O-])c1cc(NSc2cccs2)ccc1F. The molecule has 0 atom stereocenters. The molecule has 1 N–H and O–H groups in total. The molecule has 0 amide bonds. The highest BCUT2D eigenvalue weighted by atomic mass is 32.2. The molecule has 0 aliphatic rings. The maximum absolute atomic E-state index is 13.1. The maximum Gasteiger partial charge on any atom is 0.306 e. The van der Waals surface area contributed by atoms with Crippen LogP contribution in [0.1, 0.15) is 0 Å². The molecular formula is C10H7FN2O2S2. The highest BCUT2D eigenvalue weighted by Crippen LogP contribution is 2.28. The van der Waals surface area contributed by atoms with Crippen LogP contribution in [0.25, 0.3) is 0 Å². The van der Waals surface area contributed by atoms with Gasteiger partial charge < -0.3 is 4.72 Å². The van der Waals surface area contributed by atoms with Crippen LogP contribution in [-0.4, -0.2) is 4.92 Å². The highest BCUT2D eigenvalue weighted by molar-refractivity contribution is 8.02. The lowest BCUT2D eigenvalue weighted by atomic mass is 10.3. The summed E-state index contributed by atoms with van der Waals surface area (Å²) < 4.78 is 17.0. The molecule has 4 nitrogen and oxygen atoms in total. The molecule has 0 spiro atoms. The number of hydrogen-bond donors (Lipinski definition) is 1. The maximum atomic E-state index is 13.1. The van der Waals surface area contributed by atoms with Crippen LogP contribution in [-0.2, 0) is 0 Å². The summed E-state index contributed by atoms with van der Waals surface area (Å²) >= 11 is 2.88. The summed E-state index contributed by atoms with van der Waals surface area (Å²) in [7, 11) is 0. The molecule has 2 aromatic rings. The second-order valence-electron chi connectivity index (χ2n) is 3.06. The third-order valence-corrected chi connectivity index (χ3v) is 3.78. The van der Waals surface area contributed by atoms with Crippen molar-refractivity contribution in [3.05, 3.63) is 51.6 Å². The summed E-state index contributed by atoms with van der Waals surface area (Å²) in [5.41, 5.74) is -0.0294. The number of hydrogen-bond acceptors (Lipinski definition) is 5.